The predicted molar refractivity (Wildman–Crippen MR) is 101 cm³/mol. The number of sulfonamides is 1. The van der Waals surface area contributed by atoms with E-state index in [1.54, 1.807) is 11.3 Å². The zero-order chi connectivity index (χ0) is 17.3. The summed E-state index contributed by atoms with van der Waals surface area (Å²) in [4.78, 5) is 17.9. The Bertz CT molecular complexity index is 838. The third-order valence-corrected chi connectivity index (χ3v) is 7.56. The van der Waals surface area contributed by atoms with Crippen LogP contribution < -0.4 is 5.32 Å². The number of aromatic nitrogens is 1. The van der Waals surface area contributed by atoms with Crippen molar-refractivity contribution >= 4 is 59.7 Å². The van der Waals surface area contributed by atoms with E-state index in [9.17, 15) is 13.2 Å². The van der Waals surface area contributed by atoms with Crippen LogP contribution in [0.5, 0.6) is 0 Å². The number of carbonyl (C=O) groups is 1. The predicted octanol–water partition coefficient (Wildman–Crippen LogP) is 3.24. The van der Waals surface area contributed by atoms with Gasteiger partial charge in [0.1, 0.15) is 0 Å². The smallest absolute Gasteiger partial charge is 0.229 e. The highest BCUT2D eigenvalue weighted by molar-refractivity contribution is 9.11. The summed E-state index contributed by atoms with van der Waals surface area (Å²) < 4.78 is 25.5. The van der Waals surface area contributed by atoms with Gasteiger partial charge in [0.15, 0.2) is 5.13 Å². The molecule has 1 amide bonds. The van der Waals surface area contributed by atoms with Crippen molar-refractivity contribution in [2.24, 2.45) is 5.92 Å². The molecule has 1 aliphatic rings. The van der Waals surface area contributed by atoms with Gasteiger partial charge in [0.05, 0.1) is 20.6 Å². The molecule has 3 rings (SSSR count). The van der Waals surface area contributed by atoms with Gasteiger partial charge in [-0.15, -0.1) is 22.7 Å². The number of hydrogen-bond acceptors (Lipinski definition) is 6. The van der Waals surface area contributed by atoms with E-state index in [4.69, 9.17) is 0 Å². The van der Waals surface area contributed by atoms with Gasteiger partial charge in [-0.05, 0) is 40.9 Å². The highest BCUT2D eigenvalue weighted by Gasteiger charge is 2.29. The Kier molecular flexibility index (Phi) is 5.40. The van der Waals surface area contributed by atoms with Crippen LogP contribution in [0.25, 0.3) is 10.6 Å². The Morgan fingerprint density at radius 2 is 2.08 bits per heavy atom. The average molecular weight is 450 g/mol. The maximum Gasteiger partial charge on any atom is 0.229 e. The lowest BCUT2D eigenvalue weighted by Crippen LogP contribution is -2.40. The first-order chi connectivity index (χ1) is 11.3. The Morgan fingerprint density at radius 1 is 1.38 bits per heavy atom. The zero-order valence-electron chi connectivity index (χ0n) is 12.9. The van der Waals surface area contributed by atoms with Gasteiger partial charge in [-0.1, -0.05) is 0 Å². The molecule has 0 spiro atoms. The van der Waals surface area contributed by atoms with Crippen molar-refractivity contribution in [1.29, 1.82) is 0 Å². The van der Waals surface area contributed by atoms with E-state index in [-0.39, 0.29) is 11.8 Å². The lowest BCUT2D eigenvalue weighted by atomic mass is 9.97. The fourth-order valence-electron chi connectivity index (χ4n) is 2.55. The van der Waals surface area contributed by atoms with Gasteiger partial charge in [-0.2, -0.15) is 0 Å². The number of thiazole rings is 1. The molecule has 0 unspecified atom stereocenters. The largest absolute Gasteiger partial charge is 0.302 e. The van der Waals surface area contributed by atoms with Gasteiger partial charge < -0.3 is 5.32 Å². The minimum Gasteiger partial charge on any atom is -0.302 e. The minimum atomic E-state index is -3.17. The molecule has 2 aromatic rings. The molecule has 6 nitrogen and oxygen atoms in total. The van der Waals surface area contributed by atoms with Crippen molar-refractivity contribution in [3.05, 3.63) is 21.3 Å². The summed E-state index contributed by atoms with van der Waals surface area (Å²) in [5.74, 6) is -0.261. The van der Waals surface area contributed by atoms with Gasteiger partial charge in [0, 0.05) is 24.4 Å². The van der Waals surface area contributed by atoms with Gasteiger partial charge in [-0.25, -0.2) is 17.7 Å². The van der Waals surface area contributed by atoms with Crippen molar-refractivity contribution in [3.8, 4) is 10.6 Å². The van der Waals surface area contributed by atoms with Crippen molar-refractivity contribution < 1.29 is 13.2 Å². The SMILES string of the molecule is CS(=O)(=O)N1CCC(C(=O)Nc2nc(-c3ccc(Br)s3)cs2)CC1. The molecule has 130 valence electrons. The molecule has 1 saturated heterocycles. The van der Waals surface area contributed by atoms with Crippen LogP contribution in [0.15, 0.2) is 21.3 Å². The van der Waals surface area contributed by atoms with E-state index in [2.05, 4.69) is 26.2 Å². The van der Waals surface area contributed by atoms with Crippen LogP contribution in [-0.4, -0.2) is 43.0 Å². The van der Waals surface area contributed by atoms with E-state index in [0.717, 1.165) is 14.4 Å². The van der Waals surface area contributed by atoms with E-state index in [1.165, 1.54) is 21.9 Å². The van der Waals surface area contributed by atoms with Crippen molar-refractivity contribution in [2.75, 3.05) is 24.7 Å². The van der Waals surface area contributed by atoms with Crippen LogP contribution in [0, 0.1) is 5.92 Å². The number of anilines is 1. The maximum absolute atomic E-state index is 12.4. The summed E-state index contributed by atoms with van der Waals surface area (Å²) in [6, 6.07) is 3.95. The molecule has 0 radical (unpaired) electrons. The van der Waals surface area contributed by atoms with E-state index < -0.39 is 10.0 Å². The highest BCUT2D eigenvalue weighted by atomic mass is 79.9. The quantitative estimate of drug-likeness (QED) is 0.776. The first-order valence-corrected chi connectivity index (χ1v) is 11.6. The van der Waals surface area contributed by atoms with Crippen LogP contribution in [0.2, 0.25) is 0 Å². The molecule has 2 aromatic heterocycles. The summed E-state index contributed by atoms with van der Waals surface area (Å²) in [7, 11) is -3.17. The second kappa shape index (κ2) is 7.20. The molecular weight excluding hydrogens is 434 g/mol. The third kappa shape index (κ3) is 4.23. The molecule has 0 aliphatic carbocycles. The second-order valence-corrected chi connectivity index (χ2v) is 10.9. The lowest BCUT2D eigenvalue weighted by Gasteiger charge is -2.29. The molecular formula is C14H16BrN3O3S3. The number of thiophene rings is 1. The molecule has 0 atom stereocenters. The van der Waals surface area contributed by atoms with Crippen LogP contribution >= 0.6 is 38.6 Å². The molecule has 0 saturated carbocycles. The monoisotopic (exact) mass is 449 g/mol. The van der Waals surface area contributed by atoms with Crippen molar-refractivity contribution in [3.63, 3.8) is 0 Å². The van der Waals surface area contributed by atoms with Crippen molar-refractivity contribution in [2.45, 2.75) is 12.8 Å². The van der Waals surface area contributed by atoms with Crippen LogP contribution in [0.1, 0.15) is 12.8 Å². The summed E-state index contributed by atoms with van der Waals surface area (Å²) in [6.45, 7) is 0.784. The van der Waals surface area contributed by atoms with Gasteiger partial charge in [-0.3, -0.25) is 4.79 Å². The Hall–Kier alpha value is -0.810. The van der Waals surface area contributed by atoms with E-state index >= 15 is 0 Å². The number of piperidine rings is 1. The maximum atomic E-state index is 12.4. The molecule has 24 heavy (non-hydrogen) atoms. The van der Waals surface area contributed by atoms with Gasteiger partial charge in [0.2, 0.25) is 15.9 Å². The summed E-state index contributed by atoms with van der Waals surface area (Å²) in [5, 5.41) is 5.35. The zero-order valence-corrected chi connectivity index (χ0v) is 16.9. The first kappa shape index (κ1) is 18.0. The highest BCUT2D eigenvalue weighted by Crippen LogP contribution is 2.33. The standard InChI is InChI=1S/C14H16BrN3O3S3/c1-24(20,21)18-6-4-9(5-7-18)13(19)17-14-16-10(8-22-14)11-2-3-12(15)23-11/h2-3,8-9H,4-7H2,1H3,(H,16,17,19). The number of rotatable bonds is 4. The Labute approximate surface area is 157 Å². The average Bonchev–Trinajstić information content (AvgIpc) is 3.15. The van der Waals surface area contributed by atoms with Crippen LogP contribution in [0.3, 0.4) is 0 Å². The Balaban J connectivity index is 1.59. The number of hydrogen-bond donors (Lipinski definition) is 1. The molecule has 1 N–H and O–H groups in total. The Morgan fingerprint density at radius 3 is 2.67 bits per heavy atom. The third-order valence-electron chi connectivity index (χ3n) is 3.85. The minimum absolute atomic E-state index is 0.0867. The number of amides is 1. The number of carbonyl (C=O) groups excluding carboxylic acids is 1. The summed E-state index contributed by atoms with van der Waals surface area (Å²) >= 11 is 6.41. The second-order valence-electron chi connectivity index (χ2n) is 5.57. The van der Waals surface area contributed by atoms with Gasteiger partial charge >= 0.3 is 0 Å². The molecule has 0 aromatic carbocycles. The molecule has 1 aliphatic heterocycles. The number of halogens is 1. The topological polar surface area (TPSA) is 79.4 Å². The van der Waals surface area contributed by atoms with E-state index in [1.807, 2.05) is 17.5 Å². The molecule has 3 heterocycles. The number of nitrogens with one attached hydrogen (secondary N) is 1. The summed E-state index contributed by atoms with van der Waals surface area (Å²) in [6.07, 6.45) is 2.28. The molecule has 0 bridgehead atoms. The molecule has 10 heteroatoms. The summed E-state index contributed by atoms with van der Waals surface area (Å²) in [5.41, 5.74) is 0.845. The number of nitrogens with zero attached hydrogens (tertiary/aromatic N) is 2. The fourth-order valence-corrected chi connectivity index (χ4v) is 5.56. The van der Waals surface area contributed by atoms with Crippen LogP contribution in [0.4, 0.5) is 5.13 Å². The fraction of sp³-hybridized carbons (Fsp3) is 0.429. The van der Waals surface area contributed by atoms with E-state index in [0.29, 0.717) is 31.1 Å². The lowest BCUT2D eigenvalue weighted by molar-refractivity contribution is -0.120. The van der Waals surface area contributed by atoms with Gasteiger partial charge in [0.25, 0.3) is 0 Å². The van der Waals surface area contributed by atoms with Crippen molar-refractivity contribution in [1.82, 2.24) is 9.29 Å². The van der Waals surface area contributed by atoms with Crippen LogP contribution in [-0.2, 0) is 14.8 Å². The normalized spacial score (nSPS) is 17.1. The first-order valence-electron chi connectivity index (χ1n) is 7.30. The molecule has 1 fully saturated rings.